The standard InChI is InChI=1S/C8H10N2O2/c11-8(12)5-2-1-3-6-7(5)10-4-9-6/h4-5H,1-3H2,(H,9,10)(H,11,12)/t5-/m0/s1. The molecule has 0 fully saturated rings. The Morgan fingerprint density at radius 2 is 2.58 bits per heavy atom. The van der Waals surface area contributed by atoms with Crippen molar-refractivity contribution in [1.29, 1.82) is 0 Å². The van der Waals surface area contributed by atoms with Crippen LogP contribution < -0.4 is 0 Å². The molecular weight excluding hydrogens is 156 g/mol. The van der Waals surface area contributed by atoms with Gasteiger partial charge in [-0.05, 0) is 19.3 Å². The molecular formula is C8H10N2O2. The molecule has 0 aromatic carbocycles. The smallest absolute Gasteiger partial charge is 0.312 e. The van der Waals surface area contributed by atoms with Gasteiger partial charge in [0.2, 0.25) is 0 Å². The van der Waals surface area contributed by atoms with E-state index in [1.807, 2.05) is 0 Å². The zero-order valence-corrected chi connectivity index (χ0v) is 6.58. The highest BCUT2D eigenvalue weighted by molar-refractivity contribution is 5.76. The minimum Gasteiger partial charge on any atom is -0.481 e. The third-order valence-corrected chi connectivity index (χ3v) is 2.30. The first-order valence-electron chi connectivity index (χ1n) is 4.04. The zero-order valence-electron chi connectivity index (χ0n) is 6.58. The Balaban J connectivity index is 2.37. The SMILES string of the molecule is O=C(O)[C@H]1CCCc2[nH]cnc21. The van der Waals surface area contributed by atoms with Gasteiger partial charge < -0.3 is 10.1 Å². The Bertz CT molecular complexity index is 306. The molecule has 1 atom stereocenters. The van der Waals surface area contributed by atoms with Crippen LogP contribution >= 0.6 is 0 Å². The number of carbonyl (C=O) groups is 1. The van der Waals surface area contributed by atoms with Crippen molar-refractivity contribution >= 4 is 5.97 Å². The first-order chi connectivity index (χ1) is 5.79. The van der Waals surface area contributed by atoms with Crippen LogP contribution in [-0.4, -0.2) is 21.0 Å². The fraction of sp³-hybridized carbons (Fsp3) is 0.500. The summed E-state index contributed by atoms with van der Waals surface area (Å²) in [6.45, 7) is 0. The van der Waals surface area contributed by atoms with Crippen LogP contribution in [0.1, 0.15) is 30.1 Å². The molecule has 0 amide bonds. The van der Waals surface area contributed by atoms with Crippen LogP contribution in [0.3, 0.4) is 0 Å². The highest BCUT2D eigenvalue weighted by atomic mass is 16.4. The minimum absolute atomic E-state index is 0.389. The van der Waals surface area contributed by atoms with Gasteiger partial charge in [-0.1, -0.05) is 0 Å². The molecule has 0 unspecified atom stereocenters. The molecule has 0 bridgehead atoms. The number of hydrogen-bond donors (Lipinski definition) is 2. The third-order valence-electron chi connectivity index (χ3n) is 2.30. The van der Waals surface area contributed by atoms with Crippen LogP contribution in [0.2, 0.25) is 0 Å². The fourth-order valence-corrected chi connectivity index (χ4v) is 1.69. The Morgan fingerprint density at radius 3 is 3.33 bits per heavy atom. The second-order valence-corrected chi connectivity index (χ2v) is 3.05. The van der Waals surface area contributed by atoms with Crippen molar-refractivity contribution in [3.8, 4) is 0 Å². The lowest BCUT2D eigenvalue weighted by atomic mass is 9.90. The highest BCUT2D eigenvalue weighted by Gasteiger charge is 2.27. The third kappa shape index (κ3) is 0.995. The van der Waals surface area contributed by atoms with Gasteiger partial charge in [0, 0.05) is 5.69 Å². The molecule has 4 heteroatoms. The molecule has 0 saturated carbocycles. The summed E-state index contributed by atoms with van der Waals surface area (Å²) >= 11 is 0. The Morgan fingerprint density at radius 1 is 1.75 bits per heavy atom. The number of nitrogens with zero attached hydrogens (tertiary/aromatic N) is 1. The summed E-state index contributed by atoms with van der Waals surface area (Å²) in [6.07, 6.45) is 4.16. The maximum Gasteiger partial charge on any atom is 0.312 e. The number of imidazole rings is 1. The maximum absolute atomic E-state index is 10.8. The molecule has 0 saturated heterocycles. The number of aliphatic carboxylic acids is 1. The lowest BCUT2D eigenvalue weighted by molar-refractivity contribution is -0.139. The lowest BCUT2D eigenvalue weighted by Crippen LogP contribution is -2.17. The molecule has 0 radical (unpaired) electrons. The summed E-state index contributed by atoms with van der Waals surface area (Å²) in [5.74, 6) is -1.15. The second-order valence-electron chi connectivity index (χ2n) is 3.05. The molecule has 4 nitrogen and oxygen atoms in total. The molecule has 64 valence electrons. The first kappa shape index (κ1) is 7.34. The molecule has 0 spiro atoms. The van der Waals surface area contributed by atoms with Crippen molar-refractivity contribution in [3.05, 3.63) is 17.7 Å². The number of rotatable bonds is 1. The second kappa shape index (κ2) is 2.62. The van der Waals surface area contributed by atoms with Gasteiger partial charge in [-0.3, -0.25) is 4.79 Å². The van der Waals surface area contributed by atoms with Crippen LogP contribution in [0.4, 0.5) is 0 Å². The summed E-state index contributed by atoms with van der Waals surface area (Å²) in [5, 5.41) is 8.85. The van der Waals surface area contributed by atoms with E-state index in [1.165, 1.54) is 0 Å². The van der Waals surface area contributed by atoms with Gasteiger partial charge in [0.25, 0.3) is 0 Å². The van der Waals surface area contributed by atoms with E-state index in [4.69, 9.17) is 5.11 Å². The summed E-state index contributed by atoms with van der Waals surface area (Å²) in [5.41, 5.74) is 1.72. The van der Waals surface area contributed by atoms with Gasteiger partial charge in [-0.25, -0.2) is 4.98 Å². The number of carboxylic acid groups (broad SMARTS) is 1. The molecule has 2 rings (SSSR count). The molecule has 1 aliphatic carbocycles. The molecule has 1 heterocycles. The van der Waals surface area contributed by atoms with Crippen LogP contribution in [0, 0.1) is 0 Å². The van der Waals surface area contributed by atoms with E-state index in [0.29, 0.717) is 6.42 Å². The molecule has 0 aliphatic heterocycles. The number of nitrogens with one attached hydrogen (secondary N) is 1. The quantitative estimate of drug-likeness (QED) is 0.651. The largest absolute Gasteiger partial charge is 0.481 e. The molecule has 12 heavy (non-hydrogen) atoms. The Hall–Kier alpha value is -1.32. The predicted molar refractivity (Wildman–Crippen MR) is 41.9 cm³/mol. The van der Waals surface area contributed by atoms with Gasteiger partial charge in [0.05, 0.1) is 12.0 Å². The van der Waals surface area contributed by atoms with Crippen molar-refractivity contribution in [2.75, 3.05) is 0 Å². The number of H-pyrrole nitrogens is 1. The summed E-state index contributed by atoms with van der Waals surface area (Å²) < 4.78 is 0. The van der Waals surface area contributed by atoms with Crippen molar-refractivity contribution in [1.82, 2.24) is 9.97 Å². The van der Waals surface area contributed by atoms with Crippen molar-refractivity contribution in [2.45, 2.75) is 25.2 Å². The number of aromatic nitrogens is 2. The van der Waals surface area contributed by atoms with Crippen LogP contribution in [0.5, 0.6) is 0 Å². The van der Waals surface area contributed by atoms with Gasteiger partial charge in [0.1, 0.15) is 5.92 Å². The molecule has 1 aromatic heterocycles. The molecule has 1 aromatic rings. The maximum atomic E-state index is 10.8. The van der Waals surface area contributed by atoms with Gasteiger partial charge in [-0.2, -0.15) is 0 Å². The number of carboxylic acids is 1. The van der Waals surface area contributed by atoms with Crippen molar-refractivity contribution in [3.63, 3.8) is 0 Å². The monoisotopic (exact) mass is 166 g/mol. The zero-order chi connectivity index (χ0) is 8.55. The average Bonchev–Trinajstić information content (AvgIpc) is 2.49. The highest BCUT2D eigenvalue weighted by Crippen LogP contribution is 2.28. The summed E-state index contributed by atoms with van der Waals surface area (Å²) in [7, 11) is 0. The summed E-state index contributed by atoms with van der Waals surface area (Å²) in [6, 6.07) is 0. The minimum atomic E-state index is -0.761. The van der Waals surface area contributed by atoms with E-state index in [-0.39, 0.29) is 5.92 Å². The van der Waals surface area contributed by atoms with E-state index in [9.17, 15) is 4.79 Å². The fourth-order valence-electron chi connectivity index (χ4n) is 1.69. The predicted octanol–water partition coefficient (Wildman–Crippen LogP) is 0.914. The molecule has 1 aliphatic rings. The number of aromatic amines is 1. The molecule has 2 N–H and O–H groups in total. The van der Waals surface area contributed by atoms with E-state index >= 15 is 0 Å². The summed E-state index contributed by atoms with van der Waals surface area (Å²) in [4.78, 5) is 17.8. The van der Waals surface area contributed by atoms with E-state index < -0.39 is 5.97 Å². The number of hydrogen-bond acceptors (Lipinski definition) is 2. The topological polar surface area (TPSA) is 66.0 Å². The van der Waals surface area contributed by atoms with Crippen LogP contribution in [0.25, 0.3) is 0 Å². The first-order valence-corrected chi connectivity index (χ1v) is 4.04. The van der Waals surface area contributed by atoms with Gasteiger partial charge in [-0.15, -0.1) is 0 Å². The normalized spacial score (nSPS) is 21.8. The van der Waals surface area contributed by atoms with Crippen molar-refractivity contribution in [2.24, 2.45) is 0 Å². The Kier molecular flexibility index (Phi) is 1.60. The number of fused-ring (bicyclic) bond motifs is 1. The van der Waals surface area contributed by atoms with Gasteiger partial charge in [0.15, 0.2) is 0 Å². The Labute approximate surface area is 69.6 Å². The lowest BCUT2D eigenvalue weighted by Gasteiger charge is -2.16. The van der Waals surface area contributed by atoms with Crippen LogP contribution in [-0.2, 0) is 11.2 Å². The van der Waals surface area contributed by atoms with E-state index in [1.54, 1.807) is 6.33 Å². The van der Waals surface area contributed by atoms with Crippen molar-refractivity contribution < 1.29 is 9.90 Å². The van der Waals surface area contributed by atoms with Crippen LogP contribution in [0.15, 0.2) is 6.33 Å². The van der Waals surface area contributed by atoms with E-state index in [2.05, 4.69) is 9.97 Å². The van der Waals surface area contributed by atoms with E-state index in [0.717, 1.165) is 24.2 Å². The average molecular weight is 166 g/mol. The van der Waals surface area contributed by atoms with Gasteiger partial charge >= 0.3 is 5.97 Å². The number of aryl methyl sites for hydroxylation is 1.